The van der Waals surface area contributed by atoms with Crippen LogP contribution in [0.3, 0.4) is 0 Å². The van der Waals surface area contributed by atoms with Crippen LogP contribution in [0.2, 0.25) is 0 Å². The number of hydrogen-bond acceptors (Lipinski definition) is 4. The maximum absolute atomic E-state index is 6.33. The average molecular weight is 261 g/mol. The van der Waals surface area contributed by atoms with Gasteiger partial charge in [0.1, 0.15) is 0 Å². The lowest BCUT2D eigenvalue weighted by Gasteiger charge is -2.19. The van der Waals surface area contributed by atoms with Gasteiger partial charge in [-0.05, 0) is 12.5 Å². The van der Waals surface area contributed by atoms with Crippen molar-refractivity contribution in [3.8, 4) is 0 Å². The van der Waals surface area contributed by atoms with Crippen LogP contribution in [-0.4, -0.2) is 32.5 Å². The van der Waals surface area contributed by atoms with Crippen molar-refractivity contribution < 1.29 is 4.74 Å². The Morgan fingerprint density at radius 1 is 1.47 bits per heavy atom. The van der Waals surface area contributed by atoms with Crippen LogP contribution < -0.4 is 5.73 Å². The number of nitrogens with zero attached hydrogens (tertiary/aromatic N) is 4. The van der Waals surface area contributed by atoms with Crippen molar-refractivity contribution in [1.82, 2.24) is 19.3 Å². The van der Waals surface area contributed by atoms with Gasteiger partial charge in [0.25, 0.3) is 0 Å². The lowest BCUT2D eigenvalue weighted by molar-refractivity contribution is 0.180. The zero-order chi connectivity index (χ0) is 13.1. The van der Waals surface area contributed by atoms with E-state index in [2.05, 4.69) is 14.6 Å². The van der Waals surface area contributed by atoms with Gasteiger partial charge in [-0.3, -0.25) is 4.68 Å². The lowest BCUT2D eigenvalue weighted by atomic mass is 9.97. The van der Waals surface area contributed by atoms with Crippen molar-refractivity contribution in [3.05, 3.63) is 36.7 Å². The summed E-state index contributed by atoms with van der Waals surface area (Å²) in [5.41, 5.74) is 7.42. The quantitative estimate of drug-likeness (QED) is 0.865. The van der Waals surface area contributed by atoms with E-state index in [1.807, 2.05) is 29.5 Å². The fourth-order valence-corrected chi connectivity index (χ4v) is 2.52. The van der Waals surface area contributed by atoms with E-state index in [1.165, 1.54) is 0 Å². The molecule has 0 radical (unpaired) electrons. The second kappa shape index (κ2) is 5.54. The molecule has 3 heterocycles. The van der Waals surface area contributed by atoms with E-state index in [0.717, 1.165) is 38.4 Å². The summed E-state index contributed by atoms with van der Waals surface area (Å²) < 4.78 is 9.44. The van der Waals surface area contributed by atoms with Crippen LogP contribution in [0.25, 0.3) is 0 Å². The van der Waals surface area contributed by atoms with E-state index in [-0.39, 0.29) is 6.04 Å². The zero-order valence-corrected chi connectivity index (χ0v) is 10.9. The van der Waals surface area contributed by atoms with Crippen LogP contribution in [0.15, 0.2) is 31.0 Å². The number of nitrogens with two attached hydrogens (primary N) is 1. The molecule has 0 saturated carbocycles. The summed E-state index contributed by atoms with van der Waals surface area (Å²) in [6.07, 6.45) is 8.49. The third kappa shape index (κ3) is 2.69. The molecule has 1 fully saturated rings. The number of imidazole rings is 1. The molecule has 3 rings (SSSR count). The number of ether oxygens (including phenoxy) is 1. The summed E-state index contributed by atoms with van der Waals surface area (Å²) in [6.45, 7) is 3.23. The van der Waals surface area contributed by atoms with Crippen LogP contribution in [0.1, 0.15) is 18.2 Å². The molecule has 0 amide bonds. The minimum atomic E-state index is 0.00243. The van der Waals surface area contributed by atoms with E-state index in [0.29, 0.717) is 5.92 Å². The number of aromatic nitrogens is 4. The third-order valence-corrected chi connectivity index (χ3v) is 3.69. The Hall–Kier alpha value is -1.66. The zero-order valence-electron chi connectivity index (χ0n) is 10.9. The molecule has 19 heavy (non-hydrogen) atoms. The van der Waals surface area contributed by atoms with Crippen molar-refractivity contribution >= 4 is 0 Å². The van der Waals surface area contributed by atoms with Gasteiger partial charge in [0.05, 0.1) is 31.2 Å². The van der Waals surface area contributed by atoms with E-state index < -0.39 is 0 Å². The van der Waals surface area contributed by atoms with Gasteiger partial charge in [0, 0.05) is 37.7 Å². The highest BCUT2D eigenvalue weighted by molar-refractivity contribution is 5.07. The van der Waals surface area contributed by atoms with Crippen LogP contribution in [0.5, 0.6) is 0 Å². The molecule has 102 valence electrons. The molecule has 1 aliphatic heterocycles. The predicted octanol–water partition coefficient (Wildman–Crippen LogP) is 0.816. The Bertz CT molecular complexity index is 501. The maximum Gasteiger partial charge on any atom is 0.0949 e. The van der Waals surface area contributed by atoms with Gasteiger partial charge in [-0.25, -0.2) is 4.98 Å². The van der Waals surface area contributed by atoms with Crippen LogP contribution >= 0.6 is 0 Å². The molecule has 0 spiro atoms. The Balaban J connectivity index is 1.67. The molecule has 1 saturated heterocycles. The molecule has 2 atom stereocenters. The van der Waals surface area contributed by atoms with E-state index >= 15 is 0 Å². The van der Waals surface area contributed by atoms with E-state index in [1.54, 1.807) is 6.20 Å². The van der Waals surface area contributed by atoms with Crippen LogP contribution in [0, 0.1) is 5.92 Å². The average Bonchev–Trinajstić information content (AvgIpc) is 3.16. The van der Waals surface area contributed by atoms with Gasteiger partial charge in [-0.15, -0.1) is 0 Å². The van der Waals surface area contributed by atoms with Gasteiger partial charge in [0.2, 0.25) is 0 Å². The number of aryl methyl sites for hydroxylation is 2. The Labute approximate surface area is 112 Å². The molecule has 2 aromatic rings. The van der Waals surface area contributed by atoms with Crippen molar-refractivity contribution in [3.63, 3.8) is 0 Å². The van der Waals surface area contributed by atoms with Gasteiger partial charge in [0.15, 0.2) is 0 Å². The molecule has 1 aliphatic rings. The Kier molecular flexibility index (Phi) is 3.61. The minimum absolute atomic E-state index is 0.00243. The second-order valence-corrected chi connectivity index (χ2v) is 4.93. The first-order valence-electron chi connectivity index (χ1n) is 6.65. The summed E-state index contributed by atoms with van der Waals surface area (Å²) in [7, 11) is 0. The largest absolute Gasteiger partial charge is 0.381 e. The predicted molar refractivity (Wildman–Crippen MR) is 70.3 cm³/mol. The van der Waals surface area contributed by atoms with E-state index in [4.69, 9.17) is 10.5 Å². The number of rotatable bonds is 5. The topological polar surface area (TPSA) is 70.9 Å². The summed E-state index contributed by atoms with van der Waals surface area (Å²) in [6, 6.07) is 1.93. The first kappa shape index (κ1) is 12.4. The maximum atomic E-state index is 6.33. The summed E-state index contributed by atoms with van der Waals surface area (Å²) in [5, 5.41) is 4.20. The van der Waals surface area contributed by atoms with Gasteiger partial charge in [-0.1, -0.05) is 0 Å². The molecule has 6 nitrogen and oxygen atoms in total. The monoisotopic (exact) mass is 261 g/mol. The molecule has 2 unspecified atom stereocenters. The summed E-state index contributed by atoms with van der Waals surface area (Å²) >= 11 is 0. The van der Waals surface area contributed by atoms with Crippen molar-refractivity contribution in [2.75, 3.05) is 13.2 Å². The molecular formula is C13H19N5O. The van der Waals surface area contributed by atoms with E-state index in [9.17, 15) is 0 Å². The molecule has 0 bridgehead atoms. The number of hydrogen-bond donors (Lipinski definition) is 1. The first-order valence-corrected chi connectivity index (χ1v) is 6.65. The molecule has 2 N–H and O–H groups in total. The van der Waals surface area contributed by atoms with Gasteiger partial charge < -0.3 is 15.0 Å². The third-order valence-electron chi connectivity index (χ3n) is 3.69. The molecule has 0 aliphatic carbocycles. The normalized spacial score (nSPS) is 20.8. The van der Waals surface area contributed by atoms with Crippen molar-refractivity contribution in [1.29, 1.82) is 0 Å². The molecule has 2 aromatic heterocycles. The fraction of sp³-hybridized carbons (Fsp3) is 0.538. The highest BCUT2D eigenvalue weighted by Crippen LogP contribution is 2.26. The molecular weight excluding hydrogens is 242 g/mol. The summed E-state index contributed by atoms with van der Waals surface area (Å²) in [5.74, 6) is 0.403. The van der Waals surface area contributed by atoms with Crippen LogP contribution in [0.4, 0.5) is 0 Å². The Morgan fingerprint density at radius 2 is 2.42 bits per heavy atom. The smallest absolute Gasteiger partial charge is 0.0949 e. The van der Waals surface area contributed by atoms with Gasteiger partial charge >= 0.3 is 0 Å². The molecule has 0 aromatic carbocycles. The first-order chi connectivity index (χ1) is 9.34. The lowest BCUT2D eigenvalue weighted by Crippen LogP contribution is -2.25. The highest BCUT2D eigenvalue weighted by atomic mass is 16.5. The highest BCUT2D eigenvalue weighted by Gasteiger charge is 2.26. The second-order valence-electron chi connectivity index (χ2n) is 4.93. The minimum Gasteiger partial charge on any atom is -0.381 e. The fourth-order valence-electron chi connectivity index (χ4n) is 2.52. The van der Waals surface area contributed by atoms with Crippen molar-refractivity contribution in [2.45, 2.75) is 25.6 Å². The molecule has 6 heteroatoms. The SMILES string of the molecule is NC(c1cncn1CCn1cccn1)C1CCOC1. The van der Waals surface area contributed by atoms with Gasteiger partial charge in [-0.2, -0.15) is 5.10 Å². The van der Waals surface area contributed by atoms with Crippen LogP contribution in [-0.2, 0) is 17.8 Å². The Morgan fingerprint density at radius 3 is 3.16 bits per heavy atom. The standard InChI is InChI=1S/C13H19N5O/c14-13(11-2-7-19-9-11)12-8-15-10-17(12)5-6-18-4-1-3-16-18/h1,3-4,8,10-11,13H,2,5-7,9,14H2. The van der Waals surface area contributed by atoms with Crippen molar-refractivity contribution in [2.24, 2.45) is 11.7 Å². The summed E-state index contributed by atoms with van der Waals surface area (Å²) in [4.78, 5) is 4.23.